The Hall–Kier alpha value is -3.12. The summed E-state index contributed by atoms with van der Waals surface area (Å²) in [6.45, 7) is 3.79. The van der Waals surface area contributed by atoms with E-state index in [4.69, 9.17) is 4.74 Å². The third-order valence-electron chi connectivity index (χ3n) is 5.74. The molecule has 0 spiro atoms. The summed E-state index contributed by atoms with van der Waals surface area (Å²) in [6, 6.07) is 13.7. The molecular weight excluding hydrogens is 376 g/mol. The number of hydrogen-bond donors (Lipinski definition) is 2. The van der Waals surface area contributed by atoms with Crippen LogP contribution in [0.1, 0.15) is 35.2 Å². The standard InChI is InChI=1S/C24H28N4O2/c1-17-6-7-19(23-25-12-13-26-23)15-22(17)27-24(29)18-8-10-21(11-9-18)30-16-20-5-3-4-14-28(20)2/h6-13,15,20H,3-5,14,16H2,1-2H3,(H,25,26)(H,27,29). The van der Waals surface area contributed by atoms with Gasteiger partial charge in [-0.15, -0.1) is 0 Å². The molecule has 1 aliphatic heterocycles. The molecule has 2 heterocycles. The highest BCUT2D eigenvalue weighted by atomic mass is 16.5. The highest BCUT2D eigenvalue weighted by Gasteiger charge is 2.19. The molecule has 0 bridgehead atoms. The highest BCUT2D eigenvalue weighted by molar-refractivity contribution is 6.05. The van der Waals surface area contributed by atoms with Crippen molar-refractivity contribution in [2.24, 2.45) is 0 Å². The number of benzene rings is 2. The van der Waals surface area contributed by atoms with Gasteiger partial charge >= 0.3 is 0 Å². The quantitative estimate of drug-likeness (QED) is 0.635. The largest absolute Gasteiger partial charge is 0.492 e. The first kappa shape index (κ1) is 20.2. The number of imidazole rings is 1. The van der Waals surface area contributed by atoms with E-state index in [1.165, 1.54) is 19.3 Å². The van der Waals surface area contributed by atoms with E-state index in [9.17, 15) is 4.79 Å². The van der Waals surface area contributed by atoms with Crippen molar-refractivity contribution in [1.29, 1.82) is 0 Å². The van der Waals surface area contributed by atoms with E-state index in [1.54, 1.807) is 24.5 Å². The summed E-state index contributed by atoms with van der Waals surface area (Å²) >= 11 is 0. The van der Waals surface area contributed by atoms with Crippen molar-refractivity contribution in [3.05, 3.63) is 66.0 Å². The summed E-state index contributed by atoms with van der Waals surface area (Å²) in [7, 11) is 2.16. The van der Waals surface area contributed by atoms with Crippen LogP contribution in [0.3, 0.4) is 0 Å². The number of nitrogens with one attached hydrogen (secondary N) is 2. The zero-order chi connectivity index (χ0) is 20.9. The molecule has 0 saturated carbocycles. The number of likely N-dealkylation sites (tertiary alicyclic amines) is 1. The third kappa shape index (κ3) is 4.71. The van der Waals surface area contributed by atoms with E-state index in [-0.39, 0.29) is 5.91 Å². The second-order valence-corrected chi connectivity index (χ2v) is 7.89. The van der Waals surface area contributed by atoms with Gasteiger partial charge in [0.05, 0.1) is 0 Å². The molecule has 0 radical (unpaired) electrons. The van der Waals surface area contributed by atoms with Crippen molar-refractivity contribution >= 4 is 11.6 Å². The van der Waals surface area contributed by atoms with Crippen molar-refractivity contribution < 1.29 is 9.53 Å². The van der Waals surface area contributed by atoms with Crippen LogP contribution >= 0.6 is 0 Å². The molecule has 1 amide bonds. The third-order valence-corrected chi connectivity index (χ3v) is 5.74. The molecule has 1 saturated heterocycles. The van der Waals surface area contributed by atoms with Gasteiger partial charge in [0, 0.05) is 35.2 Å². The van der Waals surface area contributed by atoms with E-state index in [2.05, 4.69) is 27.2 Å². The predicted molar refractivity (Wildman–Crippen MR) is 119 cm³/mol. The number of aryl methyl sites for hydroxylation is 1. The molecule has 4 rings (SSSR count). The van der Waals surface area contributed by atoms with Crippen molar-refractivity contribution in [3.63, 3.8) is 0 Å². The summed E-state index contributed by atoms with van der Waals surface area (Å²) in [5.41, 5.74) is 3.29. The van der Waals surface area contributed by atoms with E-state index in [0.717, 1.165) is 34.9 Å². The SMILES string of the molecule is Cc1ccc(-c2ncc[nH]2)cc1NC(=O)c1ccc(OCC2CCCCN2C)cc1. The van der Waals surface area contributed by atoms with Crippen LogP contribution in [0.25, 0.3) is 11.4 Å². The topological polar surface area (TPSA) is 70.2 Å². The van der Waals surface area contributed by atoms with E-state index >= 15 is 0 Å². The maximum atomic E-state index is 12.7. The number of amides is 1. The van der Waals surface area contributed by atoms with Gasteiger partial charge in [0.15, 0.2) is 0 Å². The minimum atomic E-state index is -0.145. The van der Waals surface area contributed by atoms with Gasteiger partial charge < -0.3 is 19.9 Å². The van der Waals surface area contributed by atoms with Gasteiger partial charge in [0.25, 0.3) is 5.91 Å². The molecule has 1 fully saturated rings. The molecule has 30 heavy (non-hydrogen) atoms. The highest BCUT2D eigenvalue weighted by Crippen LogP contribution is 2.24. The average Bonchev–Trinajstić information content (AvgIpc) is 3.30. The van der Waals surface area contributed by atoms with Gasteiger partial charge in [0.2, 0.25) is 0 Å². The van der Waals surface area contributed by atoms with Crippen LogP contribution in [-0.2, 0) is 0 Å². The molecule has 0 aliphatic carbocycles. The fourth-order valence-electron chi connectivity index (χ4n) is 3.77. The molecule has 1 unspecified atom stereocenters. The number of nitrogens with zero attached hydrogens (tertiary/aromatic N) is 2. The smallest absolute Gasteiger partial charge is 0.255 e. The molecule has 6 nitrogen and oxygen atoms in total. The predicted octanol–water partition coefficient (Wildman–Crippen LogP) is 4.50. The van der Waals surface area contributed by atoms with Gasteiger partial charge in [-0.1, -0.05) is 18.6 Å². The lowest BCUT2D eigenvalue weighted by Crippen LogP contribution is -2.40. The van der Waals surface area contributed by atoms with Gasteiger partial charge in [-0.25, -0.2) is 4.98 Å². The number of carbonyl (C=O) groups excluding carboxylic acids is 1. The molecule has 1 aromatic heterocycles. The van der Waals surface area contributed by atoms with E-state index < -0.39 is 0 Å². The fourth-order valence-corrected chi connectivity index (χ4v) is 3.77. The number of likely N-dealkylation sites (N-methyl/N-ethyl adjacent to an activating group) is 1. The summed E-state index contributed by atoms with van der Waals surface area (Å²) in [5.74, 6) is 1.42. The van der Waals surface area contributed by atoms with Crippen molar-refractivity contribution in [3.8, 4) is 17.1 Å². The fraction of sp³-hybridized carbons (Fsp3) is 0.333. The zero-order valence-electron chi connectivity index (χ0n) is 17.5. The monoisotopic (exact) mass is 404 g/mol. The minimum Gasteiger partial charge on any atom is -0.492 e. The molecule has 1 aliphatic rings. The van der Waals surface area contributed by atoms with E-state index in [1.807, 2.05) is 37.3 Å². The Morgan fingerprint density at radius 1 is 1.23 bits per heavy atom. The second-order valence-electron chi connectivity index (χ2n) is 7.89. The van der Waals surface area contributed by atoms with Gasteiger partial charge in [0.1, 0.15) is 18.2 Å². The second kappa shape index (κ2) is 9.13. The number of rotatable bonds is 6. The molecule has 2 aromatic carbocycles. The summed E-state index contributed by atoms with van der Waals surface area (Å²) in [4.78, 5) is 22.5. The number of aromatic nitrogens is 2. The Labute approximate surface area is 177 Å². The Morgan fingerprint density at radius 3 is 2.80 bits per heavy atom. The first-order valence-corrected chi connectivity index (χ1v) is 10.4. The molecule has 2 N–H and O–H groups in total. The first-order valence-electron chi connectivity index (χ1n) is 10.4. The number of H-pyrrole nitrogens is 1. The number of hydrogen-bond acceptors (Lipinski definition) is 4. The lowest BCUT2D eigenvalue weighted by molar-refractivity contribution is 0.102. The van der Waals surface area contributed by atoms with Gasteiger partial charge in [-0.2, -0.15) is 0 Å². The minimum absolute atomic E-state index is 0.145. The Morgan fingerprint density at radius 2 is 2.07 bits per heavy atom. The van der Waals surface area contributed by atoms with Crippen molar-refractivity contribution in [2.75, 3.05) is 25.5 Å². The molecule has 3 aromatic rings. The number of aromatic amines is 1. The maximum Gasteiger partial charge on any atom is 0.255 e. The number of anilines is 1. The Kier molecular flexibility index (Phi) is 6.14. The summed E-state index contributed by atoms with van der Waals surface area (Å²) in [5, 5.41) is 3.01. The number of carbonyl (C=O) groups is 1. The summed E-state index contributed by atoms with van der Waals surface area (Å²) < 4.78 is 5.96. The van der Waals surface area contributed by atoms with E-state index in [0.29, 0.717) is 18.2 Å². The van der Waals surface area contributed by atoms with Crippen LogP contribution in [-0.4, -0.2) is 47.0 Å². The average molecular weight is 405 g/mol. The Bertz CT molecular complexity index is 983. The van der Waals surface area contributed by atoms with Gasteiger partial charge in [-0.05, 0) is 69.3 Å². The van der Waals surface area contributed by atoms with Crippen molar-refractivity contribution in [1.82, 2.24) is 14.9 Å². The maximum absolute atomic E-state index is 12.7. The first-order chi connectivity index (χ1) is 14.6. The molecule has 1 atom stereocenters. The van der Waals surface area contributed by atoms with Gasteiger partial charge in [-0.3, -0.25) is 4.79 Å². The van der Waals surface area contributed by atoms with Crippen LogP contribution in [0.4, 0.5) is 5.69 Å². The normalized spacial score (nSPS) is 16.9. The van der Waals surface area contributed by atoms with Crippen LogP contribution in [0, 0.1) is 6.92 Å². The number of ether oxygens (including phenoxy) is 1. The lowest BCUT2D eigenvalue weighted by atomic mass is 10.0. The number of piperidine rings is 1. The van der Waals surface area contributed by atoms with Crippen LogP contribution in [0.2, 0.25) is 0 Å². The zero-order valence-corrected chi connectivity index (χ0v) is 17.5. The Balaban J connectivity index is 1.39. The van der Waals surface area contributed by atoms with Crippen LogP contribution in [0.5, 0.6) is 5.75 Å². The van der Waals surface area contributed by atoms with Crippen LogP contribution < -0.4 is 10.1 Å². The molecular formula is C24H28N4O2. The lowest BCUT2D eigenvalue weighted by Gasteiger charge is -2.32. The van der Waals surface area contributed by atoms with Crippen molar-refractivity contribution in [2.45, 2.75) is 32.2 Å². The summed E-state index contributed by atoms with van der Waals surface area (Å²) in [6.07, 6.45) is 7.19. The molecule has 156 valence electrons. The van der Waals surface area contributed by atoms with Crippen LogP contribution in [0.15, 0.2) is 54.9 Å². The molecule has 6 heteroatoms.